The molecular formula is C27H25BrN2O4. The normalized spacial score (nSPS) is 10.9. The van der Waals surface area contributed by atoms with E-state index in [-0.39, 0.29) is 5.57 Å². The van der Waals surface area contributed by atoms with E-state index in [2.05, 4.69) is 21.2 Å². The lowest BCUT2D eigenvalue weighted by atomic mass is 10.1. The first-order chi connectivity index (χ1) is 16.4. The highest BCUT2D eigenvalue weighted by atomic mass is 79.9. The molecule has 0 aliphatic carbocycles. The van der Waals surface area contributed by atoms with Crippen LogP contribution < -0.4 is 19.5 Å². The molecule has 0 saturated heterocycles. The van der Waals surface area contributed by atoms with Crippen LogP contribution in [0.5, 0.6) is 17.2 Å². The molecule has 7 heteroatoms. The first kappa shape index (κ1) is 24.9. The van der Waals surface area contributed by atoms with Crippen molar-refractivity contribution >= 4 is 33.6 Å². The molecule has 3 aromatic carbocycles. The van der Waals surface area contributed by atoms with E-state index in [9.17, 15) is 10.1 Å². The van der Waals surface area contributed by atoms with Gasteiger partial charge in [0, 0.05) is 10.2 Å². The summed E-state index contributed by atoms with van der Waals surface area (Å²) < 4.78 is 17.5. The number of nitrogens with one attached hydrogen (secondary N) is 1. The van der Waals surface area contributed by atoms with Crippen molar-refractivity contribution in [1.82, 2.24) is 0 Å². The van der Waals surface area contributed by atoms with Crippen LogP contribution in [0.3, 0.4) is 0 Å². The van der Waals surface area contributed by atoms with E-state index in [1.165, 1.54) is 11.6 Å². The Morgan fingerprint density at radius 1 is 1.06 bits per heavy atom. The molecule has 0 unspecified atom stereocenters. The Morgan fingerprint density at radius 2 is 1.76 bits per heavy atom. The van der Waals surface area contributed by atoms with E-state index >= 15 is 0 Å². The van der Waals surface area contributed by atoms with Gasteiger partial charge in [0.05, 0.1) is 13.7 Å². The molecule has 0 radical (unpaired) electrons. The minimum absolute atomic E-state index is 0.0510. The highest BCUT2D eigenvalue weighted by Crippen LogP contribution is 2.35. The van der Waals surface area contributed by atoms with Crippen LogP contribution in [0, 0.1) is 18.3 Å². The smallest absolute Gasteiger partial charge is 0.266 e. The molecule has 1 amide bonds. The van der Waals surface area contributed by atoms with Crippen LogP contribution in [0.1, 0.15) is 23.6 Å². The Balaban J connectivity index is 1.77. The minimum atomic E-state index is -0.516. The summed E-state index contributed by atoms with van der Waals surface area (Å²) in [6.45, 7) is 4.87. The van der Waals surface area contributed by atoms with Crippen LogP contribution in [0.25, 0.3) is 6.08 Å². The number of rotatable bonds is 9. The van der Waals surface area contributed by atoms with Gasteiger partial charge < -0.3 is 19.5 Å². The summed E-state index contributed by atoms with van der Waals surface area (Å²) in [5.41, 5.74) is 3.33. The van der Waals surface area contributed by atoms with E-state index in [0.717, 1.165) is 5.56 Å². The number of ether oxygens (including phenoxy) is 3. The van der Waals surface area contributed by atoms with Gasteiger partial charge in [-0.3, -0.25) is 4.79 Å². The van der Waals surface area contributed by atoms with Gasteiger partial charge in [-0.25, -0.2) is 0 Å². The molecule has 0 aliphatic rings. The number of halogens is 1. The summed E-state index contributed by atoms with van der Waals surface area (Å²) in [5.74, 6) is 1.23. The first-order valence-electron chi connectivity index (χ1n) is 10.7. The molecule has 34 heavy (non-hydrogen) atoms. The first-order valence-corrected chi connectivity index (χ1v) is 11.4. The molecular weight excluding hydrogens is 496 g/mol. The van der Waals surface area contributed by atoms with E-state index in [4.69, 9.17) is 14.2 Å². The Morgan fingerprint density at radius 3 is 2.38 bits per heavy atom. The monoisotopic (exact) mass is 520 g/mol. The summed E-state index contributed by atoms with van der Waals surface area (Å²) in [4.78, 5) is 12.7. The maximum absolute atomic E-state index is 12.7. The predicted molar refractivity (Wildman–Crippen MR) is 136 cm³/mol. The SMILES string of the molecule is CCOc1ccc(NC(=O)/C(C#N)=C\c2cc(OC)c(OCc3ccc(C)cc3)cc2Br)cc1. The van der Waals surface area contributed by atoms with E-state index in [1.807, 2.05) is 44.2 Å². The Kier molecular flexibility index (Phi) is 8.72. The Hall–Kier alpha value is -3.76. The zero-order chi connectivity index (χ0) is 24.5. The van der Waals surface area contributed by atoms with Crippen LogP contribution in [-0.2, 0) is 11.4 Å². The lowest BCUT2D eigenvalue weighted by Crippen LogP contribution is -2.13. The fourth-order valence-electron chi connectivity index (χ4n) is 3.08. The third-order valence-corrected chi connectivity index (χ3v) is 5.57. The molecule has 0 aromatic heterocycles. The van der Waals surface area contributed by atoms with Gasteiger partial charge >= 0.3 is 0 Å². The van der Waals surface area contributed by atoms with Gasteiger partial charge in [-0.15, -0.1) is 0 Å². The van der Waals surface area contributed by atoms with Crippen molar-refractivity contribution in [2.24, 2.45) is 0 Å². The van der Waals surface area contributed by atoms with Crippen LogP contribution in [-0.4, -0.2) is 19.6 Å². The molecule has 0 aliphatic heterocycles. The minimum Gasteiger partial charge on any atom is -0.494 e. The molecule has 0 fully saturated rings. The zero-order valence-corrected chi connectivity index (χ0v) is 20.8. The number of anilines is 1. The molecule has 6 nitrogen and oxygen atoms in total. The zero-order valence-electron chi connectivity index (χ0n) is 19.2. The number of carbonyl (C=O) groups excluding carboxylic acids is 1. The van der Waals surface area contributed by atoms with Crippen LogP contribution in [0.2, 0.25) is 0 Å². The second-order valence-corrected chi connectivity index (χ2v) is 8.23. The average molecular weight is 521 g/mol. The molecule has 1 N–H and O–H groups in total. The molecule has 0 bridgehead atoms. The number of amides is 1. The van der Waals surface area contributed by atoms with Gasteiger partial charge in [0.1, 0.15) is 24.0 Å². The Labute approximate surface area is 207 Å². The molecule has 0 heterocycles. The number of methoxy groups -OCH3 is 1. The van der Waals surface area contributed by atoms with Crippen molar-refractivity contribution in [1.29, 1.82) is 5.26 Å². The number of hydrogen-bond acceptors (Lipinski definition) is 5. The van der Waals surface area contributed by atoms with Crippen molar-refractivity contribution < 1.29 is 19.0 Å². The van der Waals surface area contributed by atoms with Gasteiger partial charge in [-0.2, -0.15) is 5.26 Å². The maximum atomic E-state index is 12.7. The number of nitriles is 1. The lowest BCUT2D eigenvalue weighted by molar-refractivity contribution is -0.112. The fourth-order valence-corrected chi connectivity index (χ4v) is 3.52. The van der Waals surface area contributed by atoms with Gasteiger partial charge in [0.25, 0.3) is 5.91 Å². The van der Waals surface area contributed by atoms with Crippen molar-refractivity contribution in [2.75, 3.05) is 19.0 Å². The third kappa shape index (κ3) is 6.63. The lowest BCUT2D eigenvalue weighted by Gasteiger charge is -2.13. The molecule has 174 valence electrons. The van der Waals surface area contributed by atoms with E-state index in [0.29, 0.717) is 46.2 Å². The van der Waals surface area contributed by atoms with Crippen LogP contribution in [0.4, 0.5) is 5.69 Å². The summed E-state index contributed by atoms with van der Waals surface area (Å²) in [6, 6.07) is 20.5. The molecule has 0 saturated carbocycles. The van der Waals surface area contributed by atoms with Gasteiger partial charge in [0.15, 0.2) is 11.5 Å². The fraction of sp³-hybridized carbons (Fsp3) is 0.185. The highest BCUT2D eigenvalue weighted by molar-refractivity contribution is 9.10. The maximum Gasteiger partial charge on any atom is 0.266 e. The van der Waals surface area contributed by atoms with Crippen molar-refractivity contribution in [3.63, 3.8) is 0 Å². The van der Waals surface area contributed by atoms with Gasteiger partial charge in [-0.1, -0.05) is 45.8 Å². The molecule has 3 aromatic rings. The van der Waals surface area contributed by atoms with Crippen molar-refractivity contribution in [2.45, 2.75) is 20.5 Å². The average Bonchev–Trinajstić information content (AvgIpc) is 2.84. The quantitative estimate of drug-likeness (QED) is 0.265. The van der Waals surface area contributed by atoms with Gasteiger partial charge in [0.2, 0.25) is 0 Å². The predicted octanol–water partition coefficient (Wildman–Crippen LogP) is 6.29. The molecule has 3 rings (SSSR count). The summed E-state index contributed by atoms with van der Waals surface area (Å²) >= 11 is 3.51. The summed E-state index contributed by atoms with van der Waals surface area (Å²) in [6.07, 6.45) is 1.50. The van der Waals surface area contributed by atoms with E-state index in [1.54, 1.807) is 43.5 Å². The topological polar surface area (TPSA) is 80.6 Å². The van der Waals surface area contributed by atoms with Gasteiger partial charge in [-0.05, 0) is 67.4 Å². The van der Waals surface area contributed by atoms with E-state index < -0.39 is 5.91 Å². The summed E-state index contributed by atoms with van der Waals surface area (Å²) in [5, 5.41) is 12.3. The number of carbonyl (C=O) groups is 1. The van der Waals surface area contributed by atoms with Crippen molar-refractivity contribution in [3.05, 3.63) is 87.4 Å². The second kappa shape index (κ2) is 11.9. The number of hydrogen-bond donors (Lipinski definition) is 1. The van der Waals surface area contributed by atoms with Crippen LogP contribution >= 0.6 is 15.9 Å². The Bertz CT molecular complexity index is 1210. The summed E-state index contributed by atoms with van der Waals surface area (Å²) in [7, 11) is 1.54. The number of benzene rings is 3. The largest absolute Gasteiger partial charge is 0.494 e. The van der Waals surface area contributed by atoms with Crippen molar-refractivity contribution in [3.8, 4) is 23.3 Å². The highest BCUT2D eigenvalue weighted by Gasteiger charge is 2.14. The number of nitrogens with zero attached hydrogens (tertiary/aromatic N) is 1. The standard InChI is InChI=1S/C27H25BrN2O4/c1-4-33-23-11-9-22(10-12-23)30-27(31)21(16-29)13-20-14-25(32-3)26(15-24(20)28)34-17-19-7-5-18(2)6-8-19/h5-15H,4,17H2,1-3H3,(H,30,31)/b21-13-. The third-order valence-electron chi connectivity index (χ3n) is 4.89. The number of aryl methyl sites for hydroxylation is 1. The second-order valence-electron chi connectivity index (χ2n) is 7.38. The molecule has 0 spiro atoms. The molecule has 0 atom stereocenters. The van der Waals surface area contributed by atoms with Crippen LogP contribution in [0.15, 0.2) is 70.7 Å².